The Hall–Kier alpha value is -2.88. The molecule has 31 heavy (non-hydrogen) atoms. The maximum atomic E-state index is 13.7. The fourth-order valence-corrected chi connectivity index (χ4v) is 5.11. The summed E-state index contributed by atoms with van der Waals surface area (Å²) in [6.07, 6.45) is 4.16. The van der Waals surface area contributed by atoms with Gasteiger partial charge in [0.25, 0.3) is 0 Å². The van der Waals surface area contributed by atoms with Crippen LogP contribution in [0.2, 0.25) is 10.0 Å². The first-order valence-corrected chi connectivity index (χ1v) is 10.9. The summed E-state index contributed by atoms with van der Waals surface area (Å²) in [5.41, 5.74) is 2.51. The minimum atomic E-state index is -0.487. The molecule has 0 radical (unpaired) electrons. The smallest absolute Gasteiger partial charge is 0.238 e. The highest BCUT2D eigenvalue weighted by Gasteiger charge is 2.55. The molecule has 2 aliphatic rings. The van der Waals surface area contributed by atoms with Crippen LogP contribution in [0.15, 0.2) is 91.0 Å². The monoisotopic (exact) mass is 447 g/mol. The van der Waals surface area contributed by atoms with Gasteiger partial charge in [0.2, 0.25) is 11.8 Å². The Balaban J connectivity index is 1.63. The predicted molar refractivity (Wildman–Crippen MR) is 123 cm³/mol. The van der Waals surface area contributed by atoms with Gasteiger partial charge in [0.15, 0.2) is 0 Å². The lowest BCUT2D eigenvalue weighted by Crippen LogP contribution is -2.31. The molecule has 1 aliphatic heterocycles. The molecule has 3 aromatic rings. The summed E-state index contributed by atoms with van der Waals surface area (Å²) in [5.74, 6) is -1.72. The van der Waals surface area contributed by atoms with Crippen molar-refractivity contribution in [2.24, 2.45) is 11.8 Å². The van der Waals surface area contributed by atoms with Gasteiger partial charge in [0.05, 0.1) is 27.6 Å². The van der Waals surface area contributed by atoms with Crippen molar-refractivity contribution in [3.05, 3.63) is 112 Å². The van der Waals surface area contributed by atoms with E-state index in [1.165, 1.54) is 4.90 Å². The number of allylic oxidation sites excluding steroid dienone is 2. The normalized spacial score (nSPS) is 25.0. The summed E-state index contributed by atoms with van der Waals surface area (Å²) in [4.78, 5) is 28.7. The molecule has 0 spiro atoms. The first-order valence-electron chi connectivity index (χ1n) is 10.2. The number of hydrogen-bond acceptors (Lipinski definition) is 2. The molecule has 4 atom stereocenters. The van der Waals surface area contributed by atoms with Crippen molar-refractivity contribution < 1.29 is 9.59 Å². The lowest BCUT2D eigenvalue weighted by molar-refractivity contribution is -0.122. The Morgan fingerprint density at radius 3 is 1.55 bits per heavy atom. The molecule has 0 N–H and O–H groups in total. The molecule has 1 aliphatic carbocycles. The number of hydrogen-bond donors (Lipinski definition) is 0. The Labute approximate surface area is 190 Å². The number of carbonyl (C=O) groups excluding carboxylic acids is 2. The van der Waals surface area contributed by atoms with E-state index in [2.05, 4.69) is 12.2 Å². The Kier molecular flexibility index (Phi) is 5.17. The van der Waals surface area contributed by atoms with Gasteiger partial charge >= 0.3 is 0 Å². The van der Waals surface area contributed by atoms with Crippen LogP contribution in [0.5, 0.6) is 0 Å². The summed E-state index contributed by atoms with van der Waals surface area (Å²) in [6, 6.07) is 24.6. The topological polar surface area (TPSA) is 37.4 Å². The molecule has 2 amide bonds. The quantitative estimate of drug-likeness (QED) is 0.352. The first-order chi connectivity index (χ1) is 15.1. The molecule has 5 heteroatoms. The van der Waals surface area contributed by atoms with Crippen molar-refractivity contribution in [3.63, 3.8) is 0 Å². The van der Waals surface area contributed by atoms with Crippen molar-refractivity contribution in [1.29, 1.82) is 0 Å². The molecule has 3 nitrogen and oxygen atoms in total. The predicted octanol–water partition coefficient (Wildman–Crippen LogP) is 6.24. The molecule has 5 rings (SSSR count). The number of imide groups is 1. The number of carbonyl (C=O) groups is 2. The van der Waals surface area contributed by atoms with Gasteiger partial charge < -0.3 is 0 Å². The molecule has 0 saturated carbocycles. The highest BCUT2D eigenvalue weighted by Crippen LogP contribution is 2.50. The molecular formula is C26H19Cl2NO2. The maximum Gasteiger partial charge on any atom is 0.238 e. The fraction of sp³-hybridized carbons (Fsp3) is 0.154. The van der Waals surface area contributed by atoms with Crippen molar-refractivity contribution in [3.8, 4) is 0 Å². The summed E-state index contributed by atoms with van der Waals surface area (Å²) in [6.45, 7) is 0. The summed E-state index contributed by atoms with van der Waals surface area (Å²) in [5, 5.41) is 0.694. The number of rotatable bonds is 3. The van der Waals surface area contributed by atoms with Crippen LogP contribution in [0, 0.1) is 11.8 Å². The van der Waals surface area contributed by atoms with Gasteiger partial charge in [-0.05, 0) is 29.3 Å². The zero-order valence-corrected chi connectivity index (χ0v) is 18.0. The van der Waals surface area contributed by atoms with E-state index in [1.54, 1.807) is 18.2 Å². The number of fused-ring (bicyclic) bond motifs is 1. The Morgan fingerprint density at radius 1 is 0.613 bits per heavy atom. The minimum Gasteiger partial charge on any atom is -0.274 e. The Morgan fingerprint density at radius 2 is 1.10 bits per heavy atom. The third-order valence-corrected chi connectivity index (χ3v) is 6.97. The third kappa shape index (κ3) is 3.38. The molecule has 1 saturated heterocycles. The maximum absolute atomic E-state index is 13.7. The van der Waals surface area contributed by atoms with Crippen molar-refractivity contribution in [2.75, 3.05) is 4.90 Å². The summed E-state index contributed by atoms with van der Waals surface area (Å²) >= 11 is 12.3. The van der Waals surface area contributed by atoms with Crippen LogP contribution >= 0.6 is 23.2 Å². The molecule has 3 aromatic carbocycles. The van der Waals surface area contributed by atoms with Gasteiger partial charge in [-0.3, -0.25) is 9.59 Å². The Bertz CT molecular complexity index is 1110. The van der Waals surface area contributed by atoms with Crippen LogP contribution in [0.1, 0.15) is 23.0 Å². The van der Waals surface area contributed by atoms with E-state index in [1.807, 2.05) is 60.7 Å². The zero-order chi connectivity index (χ0) is 21.5. The van der Waals surface area contributed by atoms with Crippen molar-refractivity contribution >= 4 is 40.7 Å². The van der Waals surface area contributed by atoms with Crippen LogP contribution in [0.25, 0.3) is 0 Å². The van der Waals surface area contributed by atoms with Gasteiger partial charge in [-0.25, -0.2) is 4.90 Å². The van der Waals surface area contributed by atoms with Crippen LogP contribution < -0.4 is 4.90 Å². The van der Waals surface area contributed by atoms with Crippen LogP contribution in [0.4, 0.5) is 5.69 Å². The second-order valence-corrected chi connectivity index (χ2v) is 8.73. The second-order valence-electron chi connectivity index (χ2n) is 7.92. The molecule has 154 valence electrons. The third-order valence-electron chi connectivity index (χ3n) is 6.23. The van der Waals surface area contributed by atoms with E-state index in [-0.39, 0.29) is 23.7 Å². The second kappa shape index (κ2) is 7.99. The van der Waals surface area contributed by atoms with E-state index in [0.717, 1.165) is 11.1 Å². The molecular weight excluding hydrogens is 429 g/mol. The lowest BCUT2D eigenvalue weighted by Gasteiger charge is -2.32. The molecule has 0 aromatic heterocycles. The first kappa shape index (κ1) is 20.0. The van der Waals surface area contributed by atoms with Gasteiger partial charge in [0, 0.05) is 11.8 Å². The number of halogens is 2. The fourth-order valence-electron chi connectivity index (χ4n) is 4.81. The SMILES string of the molecule is O=C1C2C(c3ccccc3)C=CC(c3ccccc3)C2C(=O)N1c1ccc(Cl)c(Cl)c1. The standard InChI is InChI=1S/C26H19Cl2NO2/c27-21-14-11-18(15-22(21)28)29-25(30)23-19(16-7-3-1-4-8-16)12-13-20(24(23)26(29)31)17-9-5-2-6-10-17/h1-15,19-20,23-24H. The summed E-state index contributed by atoms with van der Waals surface area (Å²) < 4.78 is 0. The number of nitrogens with zero attached hydrogens (tertiary/aromatic N) is 1. The molecule has 1 heterocycles. The number of anilines is 1. The van der Waals surface area contributed by atoms with Crippen LogP contribution in [-0.2, 0) is 9.59 Å². The van der Waals surface area contributed by atoms with Gasteiger partial charge in [-0.2, -0.15) is 0 Å². The largest absolute Gasteiger partial charge is 0.274 e. The van der Waals surface area contributed by atoms with E-state index < -0.39 is 11.8 Å². The molecule has 0 bridgehead atoms. The van der Waals surface area contributed by atoms with E-state index >= 15 is 0 Å². The average Bonchev–Trinajstić information content (AvgIpc) is 3.07. The zero-order valence-electron chi connectivity index (χ0n) is 16.5. The number of benzene rings is 3. The van der Waals surface area contributed by atoms with Gasteiger partial charge in [-0.1, -0.05) is 96.0 Å². The van der Waals surface area contributed by atoms with Gasteiger partial charge in [-0.15, -0.1) is 0 Å². The molecule has 4 unspecified atom stereocenters. The average molecular weight is 448 g/mol. The molecule has 1 fully saturated rings. The summed E-state index contributed by atoms with van der Waals surface area (Å²) in [7, 11) is 0. The van der Waals surface area contributed by atoms with Crippen LogP contribution in [-0.4, -0.2) is 11.8 Å². The van der Waals surface area contributed by atoms with E-state index in [9.17, 15) is 9.59 Å². The van der Waals surface area contributed by atoms with Gasteiger partial charge in [0.1, 0.15) is 0 Å². The van der Waals surface area contributed by atoms with Crippen molar-refractivity contribution in [2.45, 2.75) is 11.8 Å². The number of amides is 2. The lowest BCUT2D eigenvalue weighted by atomic mass is 9.68. The van der Waals surface area contributed by atoms with E-state index in [0.29, 0.717) is 15.7 Å². The van der Waals surface area contributed by atoms with Crippen LogP contribution in [0.3, 0.4) is 0 Å². The van der Waals surface area contributed by atoms with Crippen molar-refractivity contribution in [1.82, 2.24) is 0 Å². The van der Waals surface area contributed by atoms with E-state index in [4.69, 9.17) is 23.2 Å². The minimum absolute atomic E-state index is 0.171. The highest BCUT2D eigenvalue weighted by molar-refractivity contribution is 6.42. The highest BCUT2D eigenvalue weighted by atomic mass is 35.5.